The Morgan fingerprint density at radius 1 is 0.769 bits per heavy atom. The van der Waals surface area contributed by atoms with Gasteiger partial charge in [0.2, 0.25) is 0 Å². The van der Waals surface area contributed by atoms with E-state index in [0.717, 1.165) is 67.1 Å². The van der Waals surface area contributed by atoms with Crippen molar-refractivity contribution in [3.8, 4) is 0 Å². The summed E-state index contributed by atoms with van der Waals surface area (Å²) in [7, 11) is 0. The van der Waals surface area contributed by atoms with Crippen molar-refractivity contribution in [2.75, 3.05) is 0 Å². The topological polar surface area (TPSA) is 26.3 Å². The van der Waals surface area contributed by atoms with Gasteiger partial charge in [-0.1, -0.05) is 156 Å². The minimum Gasteiger partial charge on any atom is -0.462 e. The van der Waals surface area contributed by atoms with Crippen LogP contribution < -0.4 is 0 Å². The lowest BCUT2D eigenvalue weighted by Crippen LogP contribution is -2.51. The second-order valence-electron chi connectivity index (χ2n) is 19.7. The van der Waals surface area contributed by atoms with Crippen LogP contribution in [0.2, 0.25) is 0 Å². The number of ether oxygens (including phenoxy) is 1. The molecule has 2 nitrogen and oxygen atoms in total. The van der Waals surface area contributed by atoms with Crippen LogP contribution in [0.4, 0.5) is 0 Å². The number of carbonyl (C=O) groups is 1. The smallest absolute Gasteiger partial charge is 0.306 e. The Kier molecular flexibility index (Phi) is 18.9. The van der Waals surface area contributed by atoms with Crippen LogP contribution in [0.25, 0.3) is 0 Å². The number of rotatable bonds is 25. The SMILES string of the molecule is CCCCCCCCCCC/C=C/CCCCCCCC(=O)OC1CCC2(C)C(=CCC3C2CCC2(C)C(C(C)CCC(CC)C(C)C)CCC32)C1. The van der Waals surface area contributed by atoms with E-state index in [1.165, 1.54) is 148 Å². The zero-order chi connectivity index (χ0) is 37.4. The highest BCUT2D eigenvalue weighted by Gasteiger charge is 2.59. The van der Waals surface area contributed by atoms with E-state index in [9.17, 15) is 4.79 Å². The molecule has 0 aromatic heterocycles. The molecule has 3 saturated carbocycles. The van der Waals surface area contributed by atoms with Crippen LogP contribution in [0.5, 0.6) is 0 Å². The first kappa shape index (κ1) is 43.7. The van der Waals surface area contributed by atoms with Crippen molar-refractivity contribution in [2.45, 2.75) is 234 Å². The first-order valence-corrected chi connectivity index (χ1v) is 23.7. The van der Waals surface area contributed by atoms with E-state index in [1.807, 2.05) is 0 Å². The Labute approximate surface area is 324 Å². The largest absolute Gasteiger partial charge is 0.462 e. The van der Waals surface area contributed by atoms with Crippen molar-refractivity contribution in [1.82, 2.24) is 0 Å². The van der Waals surface area contributed by atoms with Gasteiger partial charge in [-0.3, -0.25) is 4.79 Å². The molecular formula is C50H88O2. The summed E-state index contributed by atoms with van der Waals surface area (Å²) in [5.41, 5.74) is 2.51. The zero-order valence-corrected chi connectivity index (χ0v) is 36.0. The summed E-state index contributed by atoms with van der Waals surface area (Å²) in [5, 5.41) is 0. The molecule has 4 aliphatic carbocycles. The van der Waals surface area contributed by atoms with Gasteiger partial charge in [0.25, 0.3) is 0 Å². The van der Waals surface area contributed by atoms with Crippen molar-refractivity contribution in [1.29, 1.82) is 0 Å². The van der Waals surface area contributed by atoms with Gasteiger partial charge in [0.15, 0.2) is 0 Å². The Morgan fingerprint density at radius 2 is 1.40 bits per heavy atom. The third kappa shape index (κ3) is 12.2. The summed E-state index contributed by atoms with van der Waals surface area (Å²) in [6.07, 6.45) is 43.8. The number of unbranched alkanes of at least 4 members (excludes halogenated alkanes) is 14. The van der Waals surface area contributed by atoms with Crippen molar-refractivity contribution < 1.29 is 9.53 Å². The number of carbonyl (C=O) groups excluding carboxylic acids is 1. The molecule has 2 heteroatoms. The van der Waals surface area contributed by atoms with Gasteiger partial charge in [0.1, 0.15) is 6.10 Å². The van der Waals surface area contributed by atoms with Gasteiger partial charge in [-0.15, -0.1) is 0 Å². The predicted octanol–water partition coefficient (Wildman–Crippen LogP) is 15.8. The van der Waals surface area contributed by atoms with E-state index in [4.69, 9.17) is 4.74 Å². The van der Waals surface area contributed by atoms with Gasteiger partial charge >= 0.3 is 5.97 Å². The summed E-state index contributed by atoms with van der Waals surface area (Å²) in [4.78, 5) is 12.9. The molecule has 0 radical (unpaired) electrons. The van der Waals surface area contributed by atoms with Gasteiger partial charge in [-0.25, -0.2) is 0 Å². The van der Waals surface area contributed by atoms with Gasteiger partial charge in [0, 0.05) is 12.8 Å². The Bertz CT molecular complexity index is 1070. The van der Waals surface area contributed by atoms with Crippen molar-refractivity contribution >= 4 is 5.97 Å². The molecule has 0 N–H and O–H groups in total. The highest BCUT2D eigenvalue weighted by molar-refractivity contribution is 5.69. The molecule has 9 atom stereocenters. The molecule has 0 aromatic carbocycles. The van der Waals surface area contributed by atoms with Crippen molar-refractivity contribution in [3.05, 3.63) is 23.8 Å². The average Bonchev–Trinajstić information content (AvgIpc) is 3.48. The van der Waals surface area contributed by atoms with Crippen molar-refractivity contribution in [3.63, 3.8) is 0 Å². The minimum absolute atomic E-state index is 0.0560. The van der Waals surface area contributed by atoms with Gasteiger partial charge in [-0.05, 0) is 136 Å². The maximum Gasteiger partial charge on any atom is 0.306 e. The summed E-state index contributed by atoms with van der Waals surface area (Å²) in [6.45, 7) is 17.5. The van der Waals surface area contributed by atoms with Crippen LogP contribution in [0, 0.1) is 52.3 Å². The lowest BCUT2D eigenvalue weighted by molar-refractivity contribution is -0.151. The van der Waals surface area contributed by atoms with Crippen LogP contribution in [-0.4, -0.2) is 12.1 Å². The quantitative estimate of drug-likeness (QED) is 0.0533. The number of esters is 1. The van der Waals surface area contributed by atoms with Crippen LogP contribution in [-0.2, 0) is 9.53 Å². The Hall–Kier alpha value is -1.05. The molecule has 0 aliphatic heterocycles. The first-order chi connectivity index (χ1) is 25.1. The third-order valence-corrected chi connectivity index (χ3v) is 16.0. The third-order valence-electron chi connectivity index (χ3n) is 16.0. The fourth-order valence-corrected chi connectivity index (χ4v) is 12.5. The fourth-order valence-electron chi connectivity index (χ4n) is 12.5. The number of hydrogen-bond acceptors (Lipinski definition) is 2. The number of fused-ring (bicyclic) bond motifs is 5. The average molecular weight is 721 g/mol. The van der Waals surface area contributed by atoms with E-state index in [0.29, 0.717) is 17.3 Å². The molecular weight excluding hydrogens is 633 g/mol. The van der Waals surface area contributed by atoms with Crippen LogP contribution in [0.3, 0.4) is 0 Å². The number of allylic oxidation sites excluding steroid dienone is 3. The van der Waals surface area contributed by atoms with E-state index in [1.54, 1.807) is 5.57 Å². The van der Waals surface area contributed by atoms with E-state index in [2.05, 4.69) is 66.7 Å². The standard InChI is InChI=1S/C50H88O2/c1-8-10-11-12-13-14-15-16-17-18-19-20-21-22-23-24-25-26-27-48(51)52-43-34-36-49(6)42(38-43)30-31-44-46-33-32-45(50(46,7)37-35-47(44)49)40(5)28-29-41(9-2)39(3)4/h19-20,30,39-41,43-47H,8-18,21-29,31-38H2,1-7H3/b20-19+. The molecule has 9 unspecified atom stereocenters. The Balaban J connectivity index is 1.08. The highest BCUT2D eigenvalue weighted by atomic mass is 16.5. The molecule has 0 spiro atoms. The minimum atomic E-state index is 0.0560. The molecule has 3 fully saturated rings. The zero-order valence-electron chi connectivity index (χ0n) is 36.0. The van der Waals surface area contributed by atoms with Crippen LogP contribution in [0.1, 0.15) is 228 Å². The fraction of sp³-hybridized carbons (Fsp3) is 0.900. The molecule has 0 amide bonds. The van der Waals surface area contributed by atoms with Gasteiger partial charge in [-0.2, -0.15) is 0 Å². The predicted molar refractivity (Wildman–Crippen MR) is 225 cm³/mol. The lowest BCUT2D eigenvalue weighted by Gasteiger charge is -2.58. The molecule has 0 aromatic rings. The molecule has 0 saturated heterocycles. The van der Waals surface area contributed by atoms with Gasteiger partial charge in [0.05, 0.1) is 0 Å². The van der Waals surface area contributed by atoms with Crippen molar-refractivity contribution in [2.24, 2.45) is 52.3 Å². The van der Waals surface area contributed by atoms with Gasteiger partial charge < -0.3 is 4.74 Å². The van der Waals surface area contributed by atoms with E-state index < -0.39 is 0 Å². The molecule has 0 heterocycles. The molecule has 0 bridgehead atoms. The maximum atomic E-state index is 12.9. The second kappa shape index (κ2) is 22.5. The van der Waals surface area contributed by atoms with Crippen LogP contribution >= 0.6 is 0 Å². The normalized spacial score (nSPS) is 31.2. The summed E-state index contributed by atoms with van der Waals surface area (Å²) in [6, 6.07) is 0. The maximum absolute atomic E-state index is 12.9. The van der Waals surface area contributed by atoms with Crippen LogP contribution in [0.15, 0.2) is 23.8 Å². The molecule has 4 rings (SSSR count). The first-order valence-electron chi connectivity index (χ1n) is 23.7. The molecule has 4 aliphatic rings. The summed E-state index contributed by atoms with van der Waals surface area (Å²) < 4.78 is 6.15. The van der Waals surface area contributed by atoms with E-state index in [-0.39, 0.29) is 12.1 Å². The monoisotopic (exact) mass is 721 g/mol. The number of hydrogen-bond donors (Lipinski definition) is 0. The summed E-state index contributed by atoms with van der Waals surface area (Å²) in [5.74, 6) is 6.14. The molecule has 300 valence electrons. The molecule has 52 heavy (non-hydrogen) atoms. The summed E-state index contributed by atoms with van der Waals surface area (Å²) >= 11 is 0. The second-order valence-corrected chi connectivity index (χ2v) is 19.7. The highest BCUT2D eigenvalue weighted by Crippen LogP contribution is 2.67. The van der Waals surface area contributed by atoms with E-state index >= 15 is 0 Å². The Morgan fingerprint density at radius 3 is 2.04 bits per heavy atom. The lowest BCUT2D eigenvalue weighted by atomic mass is 9.47.